The van der Waals surface area contributed by atoms with Gasteiger partial charge in [-0.25, -0.2) is 0 Å². The molecule has 72 valence electrons. The van der Waals surface area contributed by atoms with Crippen LogP contribution in [0.2, 0.25) is 0 Å². The number of methoxy groups -OCH3 is 1. The molecule has 0 unspecified atom stereocenters. The Morgan fingerprint density at radius 1 is 1.25 bits per heavy atom. The first-order chi connectivity index (χ1) is 5.54. The normalized spacial score (nSPS) is 21.1. The first kappa shape index (κ1) is 11.5. The van der Waals surface area contributed by atoms with Gasteiger partial charge in [-0.15, -0.1) is 0 Å². The Bertz CT molecular complexity index is 136. The van der Waals surface area contributed by atoms with Crippen molar-refractivity contribution in [2.45, 2.75) is 31.3 Å². The Kier molecular flexibility index (Phi) is 5.00. The molecule has 0 saturated heterocycles. The van der Waals surface area contributed by atoms with Gasteiger partial charge in [0.05, 0.1) is 6.10 Å². The van der Waals surface area contributed by atoms with Crippen LogP contribution in [0.5, 0.6) is 0 Å². The van der Waals surface area contributed by atoms with Crippen molar-refractivity contribution in [1.82, 2.24) is 0 Å². The van der Waals surface area contributed by atoms with Gasteiger partial charge in [0.1, 0.15) is 18.3 Å². The molecule has 4 atom stereocenters. The third kappa shape index (κ3) is 2.86. The van der Waals surface area contributed by atoms with E-state index in [-0.39, 0.29) is 0 Å². The zero-order valence-corrected chi connectivity index (χ0v) is 7.04. The molecule has 0 radical (unpaired) electrons. The third-order valence-corrected chi connectivity index (χ3v) is 1.59. The fourth-order valence-corrected chi connectivity index (χ4v) is 0.755. The van der Waals surface area contributed by atoms with Crippen LogP contribution in [0, 0.1) is 0 Å². The smallest absolute Gasteiger partial charge is 0.151 e. The number of hydrogen-bond acceptors (Lipinski definition) is 5. The van der Waals surface area contributed by atoms with Crippen LogP contribution in [0.25, 0.3) is 0 Å². The Morgan fingerprint density at radius 2 is 1.75 bits per heavy atom. The molecule has 0 aliphatic carbocycles. The fourth-order valence-electron chi connectivity index (χ4n) is 0.755. The van der Waals surface area contributed by atoms with Crippen LogP contribution in [0.15, 0.2) is 0 Å². The predicted molar refractivity (Wildman–Crippen MR) is 40.6 cm³/mol. The molecule has 0 amide bonds. The van der Waals surface area contributed by atoms with Crippen molar-refractivity contribution < 1.29 is 24.9 Å². The van der Waals surface area contributed by atoms with Crippen LogP contribution in [0.4, 0.5) is 0 Å². The topological polar surface area (TPSA) is 87.0 Å². The molecule has 0 fully saturated rings. The zero-order chi connectivity index (χ0) is 9.72. The summed E-state index contributed by atoms with van der Waals surface area (Å²) in [4.78, 5) is 10.2. The molecular formula is C7H14O5. The van der Waals surface area contributed by atoms with Gasteiger partial charge in [-0.2, -0.15) is 0 Å². The second-order valence-corrected chi connectivity index (χ2v) is 2.56. The van der Waals surface area contributed by atoms with Gasteiger partial charge in [0, 0.05) is 7.11 Å². The van der Waals surface area contributed by atoms with Gasteiger partial charge in [0.2, 0.25) is 0 Å². The second-order valence-electron chi connectivity index (χ2n) is 2.56. The average molecular weight is 178 g/mol. The summed E-state index contributed by atoms with van der Waals surface area (Å²) in [6.45, 7) is 1.31. The molecule has 5 heteroatoms. The highest BCUT2D eigenvalue weighted by Gasteiger charge is 2.28. The van der Waals surface area contributed by atoms with Crippen LogP contribution in [0.1, 0.15) is 6.92 Å². The molecule has 5 nitrogen and oxygen atoms in total. The number of aliphatic hydroxyl groups is 3. The highest BCUT2D eigenvalue weighted by Crippen LogP contribution is 2.05. The van der Waals surface area contributed by atoms with Crippen LogP contribution >= 0.6 is 0 Å². The standard InChI is InChI=1S/C7H14O5/c1-4(9)6(10)7(11)5(3-8)12-2/h3-7,9-11H,1-2H3/t4-,5-,6+,7-/m0/s1. The van der Waals surface area contributed by atoms with E-state index in [1.165, 1.54) is 14.0 Å². The first-order valence-electron chi connectivity index (χ1n) is 3.56. The minimum absolute atomic E-state index is 0.371. The SMILES string of the molecule is CO[C@@H](C=O)[C@H](O)[C@H](O)[C@H](C)O. The van der Waals surface area contributed by atoms with Crippen LogP contribution < -0.4 is 0 Å². The van der Waals surface area contributed by atoms with Gasteiger partial charge in [-0.3, -0.25) is 0 Å². The van der Waals surface area contributed by atoms with Crippen molar-refractivity contribution in [2.24, 2.45) is 0 Å². The molecule has 0 aromatic carbocycles. The fraction of sp³-hybridized carbons (Fsp3) is 0.857. The maximum atomic E-state index is 10.2. The number of rotatable bonds is 5. The number of ether oxygens (including phenoxy) is 1. The van der Waals surface area contributed by atoms with E-state index in [1.54, 1.807) is 0 Å². The number of hydrogen-bond donors (Lipinski definition) is 3. The predicted octanol–water partition coefficient (Wildman–Crippen LogP) is -1.70. The largest absolute Gasteiger partial charge is 0.391 e. The van der Waals surface area contributed by atoms with Crippen molar-refractivity contribution in [2.75, 3.05) is 7.11 Å². The summed E-state index contributed by atoms with van der Waals surface area (Å²) in [7, 11) is 1.23. The van der Waals surface area contributed by atoms with Crippen LogP contribution in [-0.2, 0) is 9.53 Å². The molecule has 0 heterocycles. The molecule has 12 heavy (non-hydrogen) atoms. The molecule has 0 bridgehead atoms. The Hall–Kier alpha value is -0.490. The summed E-state index contributed by atoms with van der Waals surface area (Å²) >= 11 is 0. The second kappa shape index (κ2) is 5.21. The van der Waals surface area contributed by atoms with E-state index in [0.29, 0.717) is 6.29 Å². The van der Waals surface area contributed by atoms with Crippen molar-refractivity contribution in [1.29, 1.82) is 0 Å². The van der Waals surface area contributed by atoms with E-state index in [1.807, 2.05) is 0 Å². The summed E-state index contributed by atoms with van der Waals surface area (Å²) in [5.41, 5.74) is 0. The lowest BCUT2D eigenvalue weighted by Gasteiger charge is -2.23. The number of aldehydes is 1. The minimum Gasteiger partial charge on any atom is -0.391 e. The van der Waals surface area contributed by atoms with Crippen molar-refractivity contribution in [3.8, 4) is 0 Å². The van der Waals surface area contributed by atoms with Crippen LogP contribution in [0.3, 0.4) is 0 Å². The monoisotopic (exact) mass is 178 g/mol. The van der Waals surface area contributed by atoms with Gasteiger partial charge in [-0.05, 0) is 6.92 Å². The molecule has 0 aromatic heterocycles. The Labute approximate surface area is 70.6 Å². The maximum Gasteiger partial charge on any atom is 0.151 e. The molecule has 0 aliphatic rings. The Balaban J connectivity index is 4.14. The summed E-state index contributed by atoms with van der Waals surface area (Å²) in [6, 6.07) is 0. The maximum absolute atomic E-state index is 10.2. The van der Waals surface area contributed by atoms with Gasteiger partial charge >= 0.3 is 0 Å². The summed E-state index contributed by atoms with van der Waals surface area (Å²) in [5, 5.41) is 27.1. The van der Waals surface area contributed by atoms with Gasteiger partial charge in [-0.1, -0.05) is 0 Å². The lowest BCUT2D eigenvalue weighted by molar-refractivity contribution is -0.136. The van der Waals surface area contributed by atoms with Crippen molar-refractivity contribution >= 4 is 6.29 Å². The van der Waals surface area contributed by atoms with Crippen LogP contribution in [-0.4, -0.2) is 53.1 Å². The molecule has 0 rings (SSSR count). The van der Waals surface area contributed by atoms with E-state index in [2.05, 4.69) is 4.74 Å². The van der Waals surface area contributed by atoms with E-state index in [4.69, 9.17) is 10.2 Å². The molecular weight excluding hydrogens is 164 g/mol. The summed E-state index contributed by atoms with van der Waals surface area (Å²) in [6.07, 6.45) is -4.60. The lowest BCUT2D eigenvalue weighted by atomic mass is 10.1. The summed E-state index contributed by atoms with van der Waals surface area (Å²) < 4.78 is 4.54. The quantitative estimate of drug-likeness (QED) is 0.437. The highest BCUT2D eigenvalue weighted by molar-refractivity contribution is 5.57. The van der Waals surface area contributed by atoms with Crippen molar-refractivity contribution in [3.05, 3.63) is 0 Å². The molecule has 0 aromatic rings. The highest BCUT2D eigenvalue weighted by atomic mass is 16.5. The molecule has 3 N–H and O–H groups in total. The van der Waals surface area contributed by atoms with E-state index in [0.717, 1.165) is 0 Å². The third-order valence-electron chi connectivity index (χ3n) is 1.59. The molecule has 0 spiro atoms. The molecule has 0 aliphatic heterocycles. The van der Waals surface area contributed by atoms with Crippen molar-refractivity contribution in [3.63, 3.8) is 0 Å². The van der Waals surface area contributed by atoms with E-state index < -0.39 is 24.4 Å². The molecule has 0 saturated carbocycles. The van der Waals surface area contributed by atoms with Gasteiger partial charge in [0.25, 0.3) is 0 Å². The number of aliphatic hydroxyl groups excluding tert-OH is 3. The summed E-state index contributed by atoms with van der Waals surface area (Å²) in [5.74, 6) is 0. The lowest BCUT2D eigenvalue weighted by Crippen LogP contribution is -2.44. The van der Waals surface area contributed by atoms with Gasteiger partial charge < -0.3 is 24.9 Å². The van der Waals surface area contributed by atoms with Gasteiger partial charge in [0.15, 0.2) is 6.29 Å². The zero-order valence-electron chi connectivity index (χ0n) is 7.04. The van der Waals surface area contributed by atoms with E-state index in [9.17, 15) is 9.90 Å². The minimum atomic E-state index is -1.40. The van der Waals surface area contributed by atoms with E-state index >= 15 is 0 Å². The number of carbonyl (C=O) groups excluding carboxylic acids is 1. The Morgan fingerprint density at radius 3 is 2.00 bits per heavy atom. The average Bonchev–Trinajstić information content (AvgIpc) is 2.05. The first-order valence-corrected chi connectivity index (χ1v) is 3.56. The number of carbonyl (C=O) groups is 1.